The summed E-state index contributed by atoms with van der Waals surface area (Å²) in [6, 6.07) is 3.69. The van der Waals surface area contributed by atoms with Gasteiger partial charge >= 0.3 is 0 Å². The molecule has 0 spiro atoms. The monoisotopic (exact) mass is 377 g/mol. The standard InChI is InChI=1S/C21H31NO5/c22-21(26)8-4-2-1-3-7-17-18(20(25)14-19(17)24)12-10-15(23)9-11-16-6-5-13-27-16/h1,3,5-6,10,12-13,15,17-20,23-25H,2,4,7-9,11,14H2,(H2,22,26)/t15-,17+,18+,19-,20+/m0/s1. The molecule has 1 aliphatic carbocycles. The van der Waals surface area contributed by atoms with Crippen molar-refractivity contribution in [2.45, 2.75) is 63.3 Å². The summed E-state index contributed by atoms with van der Waals surface area (Å²) < 4.78 is 5.25. The maximum absolute atomic E-state index is 10.7. The Balaban J connectivity index is 1.81. The van der Waals surface area contributed by atoms with Crippen LogP contribution < -0.4 is 5.73 Å². The number of nitrogens with two attached hydrogens (primary N) is 1. The Labute approximate surface area is 160 Å². The minimum atomic E-state index is -0.620. The molecule has 6 nitrogen and oxygen atoms in total. The van der Waals surface area contributed by atoms with Crippen LogP contribution in [0.5, 0.6) is 0 Å². The Morgan fingerprint density at radius 2 is 2.15 bits per heavy atom. The van der Waals surface area contributed by atoms with Crippen LogP contribution in [0.1, 0.15) is 44.3 Å². The first-order valence-corrected chi connectivity index (χ1v) is 9.65. The van der Waals surface area contributed by atoms with Crippen molar-refractivity contribution in [3.63, 3.8) is 0 Å². The predicted octanol–water partition coefficient (Wildman–Crippen LogP) is 2.09. The first-order chi connectivity index (χ1) is 13.0. The van der Waals surface area contributed by atoms with Crippen molar-refractivity contribution < 1.29 is 24.5 Å². The van der Waals surface area contributed by atoms with Crippen LogP contribution in [0, 0.1) is 11.8 Å². The second-order valence-corrected chi connectivity index (χ2v) is 7.25. The Bertz CT molecular complexity index is 610. The summed E-state index contributed by atoms with van der Waals surface area (Å²) in [6.45, 7) is 0. The quantitative estimate of drug-likeness (QED) is 0.348. The fraction of sp³-hybridized carbons (Fsp3) is 0.571. The number of aliphatic hydroxyl groups is 3. The molecule has 0 unspecified atom stereocenters. The summed E-state index contributed by atoms with van der Waals surface area (Å²) in [5, 5.41) is 30.6. The van der Waals surface area contributed by atoms with E-state index in [1.807, 2.05) is 30.4 Å². The van der Waals surface area contributed by atoms with Crippen LogP contribution in [0.4, 0.5) is 0 Å². The summed E-state index contributed by atoms with van der Waals surface area (Å²) >= 11 is 0. The van der Waals surface area contributed by atoms with Crippen LogP contribution in [0.2, 0.25) is 0 Å². The van der Waals surface area contributed by atoms with E-state index in [1.54, 1.807) is 12.3 Å². The van der Waals surface area contributed by atoms with Gasteiger partial charge in [0, 0.05) is 25.2 Å². The van der Waals surface area contributed by atoms with Crippen molar-refractivity contribution in [2.24, 2.45) is 17.6 Å². The molecule has 0 radical (unpaired) electrons. The molecule has 1 aliphatic rings. The van der Waals surface area contributed by atoms with Gasteiger partial charge in [-0.1, -0.05) is 24.3 Å². The van der Waals surface area contributed by atoms with Crippen LogP contribution >= 0.6 is 0 Å². The highest BCUT2D eigenvalue weighted by Gasteiger charge is 2.39. The van der Waals surface area contributed by atoms with Crippen molar-refractivity contribution >= 4 is 5.91 Å². The Kier molecular flexibility index (Phi) is 8.78. The molecular formula is C21H31NO5. The smallest absolute Gasteiger partial charge is 0.217 e. The van der Waals surface area contributed by atoms with Gasteiger partial charge in [0.1, 0.15) is 5.76 Å². The number of unbranched alkanes of at least 4 members (excludes halogenated alkanes) is 1. The minimum absolute atomic E-state index is 0.0825. The van der Waals surface area contributed by atoms with E-state index in [2.05, 4.69) is 0 Å². The molecule has 0 saturated heterocycles. The lowest BCUT2D eigenvalue weighted by Gasteiger charge is -2.19. The third-order valence-corrected chi connectivity index (χ3v) is 5.11. The molecule has 5 atom stereocenters. The van der Waals surface area contributed by atoms with Crippen LogP contribution in [0.3, 0.4) is 0 Å². The molecule has 1 aromatic heterocycles. The number of aryl methyl sites for hydroxylation is 1. The predicted molar refractivity (Wildman–Crippen MR) is 103 cm³/mol. The minimum Gasteiger partial charge on any atom is -0.469 e. The highest BCUT2D eigenvalue weighted by Crippen LogP contribution is 2.36. The summed E-state index contributed by atoms with van der Waals surface area (Å²) in [5.41, 5.74) is 5.11. The number of hydrogen-bond acceptors (Lipinski definition) is 5. The molecule has 1 aromatic rings. The summed E-state index contributed by atoms with van der Waals surface area (Å²) in [4.78, 5) is 10.7. The van der Waals surface area contributed by atoms with Crippen molar-refractivity contribution in [1.29, 1.82) is 0 Å². The van der Waals surface area contributed by atoms with Crippen molar-refractivity contribution in [1.82, 2.24) is 0 Å². The molecule has 150 valence electrons. The fourth-order valence-corrected chi connectivity index (χ4v) is 3.57. The molecule has 0 aliphatic heterocycles. The first-order valence-electron chi connectivity index (χ1n) is 9.65. The van der Waals surface area contributed by atoms with Gasteiger partial charge in [-0.3, -0.25) is 4.79 Å². The van der Waals surface area contributed by atoms with E-state index in [0.29, 0.717) is 38.5 Å². The Hall–Kier alpha value is -1.89. The van der Waals surface area contributed by atoms with Crippen LogP contribution in [0.25, 0.3) is 0 Å². The zero-order chi connectivity index (χ0) is 19.6. The highest BCUT2D eigenvalue weighted by atomic mass is 16.3. The SMILES string of the molecule is NC(=O)CCCC=CC[C@@H]1[C@@H](C=C[C@@H](O)CCc2ccco2)[C@H](O)C[C@@H]1O. The average Bonchev–Trinajstić information content (AvgIpc) is 3.22. The molecule has 27 heavy (non-hydrogen) atoms. The van der Waals surface area contributed by atoms with Gasteiger partial charge in [0.2, 0.25) is 5.91 Å². The van der Waals surface area contributed by atoms with E-state index in [4.69, 9.17) is 10.2 Å². The number of rotatable bonds is 11. The lowest BCUT2D eigenvalue weighted by atomic mass is 9.89. The van der Waals surface area contributed by atoms with Gasteiger partial charge in [0.15, 0.2) is 0 Å². The van der Waals surface area contributed by atoms with Gasteiger partial charge in [0.05, 0.1) is 24.6 Å². The number of hydrogen-bond donors (Lipinski definition) is 4. The molecule has 0 bridgehead atoms. The molecule has 5 N–H and O–H groups in total. The third kappa shape index (κ3) is 7.33. The van der Waals surface area contributed by atoms with Crippen LogP contribution in [0.15, 0.2) is 47.1 Å². The molecule has 1 fully saturated rings. The van der Waals surface area contributed by atoms with Gasteiger partial charge in [-0.05, 0) is 43.7 Å². The molecular weight excluding hydrogens is 346 g/mol. The molecule has 1 saturated carbocycles. The number of carbonyl (C=O) groups is 1. The van der Waals surface area contributed by atoms with Crippen molar-refractivity contribution in [2.75, 3.05) is 0 Å². The highest BCUT2D eigenvalue weighted by molar-refractivity contribution is 5.73. The van der Waals surface area contributed by atoms with E-state index in [-0.39, 0.29) is 17.7 Å². The molecule has 1 heterocycles. The zero-order valence-electron chi connectivity index (χ0n) is 15.6. The van der Waals surface area contributed by atoms with Gasteiger partial charge in [-0.2, -0.15) is 0 Å². The number of allylic oxidation sites excluding steroid dienone is 2. The van der Waals surface area contributed by atoms with Gasteiger partial charge in [0.25, 0.3) is 0 Å². The summed E-state index contributed by atoms with van der Waals surface area (Å²) in [5.74, 6) is 0.265. The van der Waals surface area contributed by atoms with E-state index in [1.165, 1.54) is 0 Å². The van der Waals surface area contributed by atoms with Crippen LogP contribution in [-0.2, 0) is 11.2 Å². The molecule has 6 heteroatoms. The van der Waals surface area contributed by atoms with Crippen LogP contribution in [-0.4, -0.2) is 39.5 Å². The van der Waals surface area contributed by atoms with E-state index in [9.17, 15) is 20.1 Å². The van der Waals surface area contributed by atoms with Gasteiger partial charge in [-0.25, -0.2) is 0 Å². The van der Waals surface area contributed by atoms with E-state index in [0.717, 1.165) is 12.2 Å². The molecule has 2 rings (SSSR count). The number of aliphatic hydroxyl groups excluding tert-OH is 3. The normalized spacial score (nSPS) is 26.9. The topological polar surface area (TPSA) is 117 Å². The molecule has 0 aromatic carbocycles. The number of furan rings is 1. The maximum Gasteiger partial charge on any atom is 0.217 e. The number of primary amides is 1. The summed E-state index contributed by atoms with van der Waals surface area (Å²) in [6.07, 6.45) is 11.4. The molecule has 1 amide bonds. The lowest BCUT2D eigenvalue weighted by molar-refractivity contribution is -0.118. The third-order valence-electron chi connectivity index (χ3n) is 5.11. The average molecular weight is 377 g/mol. The van der Waals surface area contributed by atoms with E-state index < -0.39 is 18.3 Å². The van der Waals surface area contributed by atoms with Gasteiger partial charge in [-0.15, -0.1) is 0 Å². The second-order valence-electron chi connectivity index (χ2n) is 7.25. The lowest BCUT2D eigenvalue weighted by Crippen LogP contribution is -2.20. The number of carbonyl (C=O) groups excluding carboxylic acids is 1. The second kappa shape index (κ2) is 11.1. The Morgan fingerprint density at radius 3 is 2.85 bits per heavy atom. The van der Waals surface area contributed by atoms with E-state index >= 15 is 0 Å². The summed E-state index contributed by atoms with van der Waals surface area (Å²) in [7, 11) is 0. The van der Waals surface area contributed by atoms with Gasteiger partial charge < -0.3 is 25.5 Å². The zero-order valence-corrected chi connectivity index (χ0v) is 15.6. The fourth-order valence-electron chi connectivity index (χ4n) is 3.57. The Morgan fingerprint density at radius 1 is 1.33 bits per heavy atom. The maximum atomic E-state index is 10.7. The van der Waals surface area contributed by atoms with Crippen molar-refractivity contribution in [3.8, 4) is 0 Å². The number of amides is 1. The largest absolute Gasteiger partial charge is 0.469 e. The van der Waals surface area contributed by atoms with Crippen molar-refractivity contribution in [3.05, 3.63) is 48.5 Å². The first kappa shape index (κ1) is 21.4.